The van der Waals surface area contributed by atoms with Crippen LogP contribution in [-0.4, -0.2) is 26.1 Å². The molecule has 0 amide bonds. The maximum absolute atomic E-state index is 13.0. The Balaban J connectivity index is 1.89. The van der Waals surface area contributed by atoms with E-state index in [1.807, 2.05) is 0 Å². The Bertz CT molecular complexity index is 886. The number of aliphatic hydroxyl groups is 1. The minimum Gasteiger partial charge on any atom is -0.507 e. The number of hydrogen-bond donors (Lipinski definition) is 2. The topological polar surface area (TPSA) is 92.0 Å². The average molecular weight is 348 g/mol. The second-order valence-electron chi connectivity index (χ2n) is 4.93. The first-order valence-electron chi connectivity index (χ1n) is 6.85. The number of aromatic amines is 1. The first-order chi connectivity index (χ1) is 11.5. The molecule has 2 heterocycles. The highest BCUT2D eigenvalue weighted by atomic mass is 35.5. The number of allylic oxidation sites excluding steroid dienone is 1. The van der Waals surface area contributed by atoms with E-state index in [0.717, 1.165) is 11.6 Å². The molecule has 2 aromatic heterocycles. The first-order valence-corrected chi connectivity index (χ1v) is 7.23. The summed E-state index contributed by atoms with van der Waals surface area (Å²) in [7, 11) is 0. The van der Waals surface area contributed by atoms with E-state index in [2.05, 4.69) is 15.2 Å². The van der Waals surface area contributed by atoms with Gasteiger partial charge in [0.05, 0.1) is 5.56 Å². The quantitative estimate of drug-likeness (QED) is 0.418. The van der Waals surface area contributed by atoms with E-state index < -0.39 is 5.78 Å². The molecular formula is C16H11ClFN3O3. The van der Waals surface area contributed by atoms with E-state index in [4.69, 9.17) is 16.0 Å². The van der Waals surface area contributed by atoms with E-state index in [1.54, 1.807) is 12.1 Å². The number of furan rings is 1. The van der Waals surface area contributed by atoms with Crippen LogP contribution in [0.2, 0.25) is 5.22 Å². The number of benzene rings is 1. The minimum absolute atomic E-state index is 0.00349. The van der Waals surface area contributed by atoms with Gasteiger partial charge in [-0.2, -0.15) is 5.10 Å². The number of carbonyl (C=O) groups excluding carboxylic acids is 1. The zero-order valence-electron chi connectivity index (χ0n) is 12.2. The Labute approximate surface area is 140 Å². The molecule has 0 spiro atoms. The van der Waals surface area contributed by atoms with Gasteiger partial charge >= 0.3 is 0 Å². The molecule has 0 saturated heterocycles. The number of hydrogen-bond acceptors (Lipinski definition) is 5. The maximum Gasteiger partial charge on any atom is 0.226 e. The highest BCUT2D eigenvalue weighted by Gasteiger charge is 2.18. The summed E-state index contributed by atoms with van der Waals surface area (Å²) in [6.45, 7) is 0. The van der Waals surface area contributed by atoms with Crippen LogP contribution in [0, 0.1) is 5.82 Å². The van der Waals surface area contributed by atoms with Crippen LogP contribution in [0.1, 0.15) is 27.3 Å². The van der Waals surface area contributed by atoms with Crippen molar-refractivity contribution in [2.45, 2.75) is 6.42 Å². The molecule has 1 aromatic carbocycles. The zero-order chi connectivity index (χ0) is 17.1. The summed E-state index contributed by atoms with van der Waals surface area (Å²) in [4.78, 5) is 15.6. The fraction of sp³-hybridized carbons (Fsp3) is 0.0625. The van der Waals surface area contributed by atoms with Gasteiger partial charge in [0.15, 0.2) is 11.0 Å². The fourth-order valence-electron chi connectivity index (χ4n) is 2.14. The maximum atomic E-state index is 13.0. The van der Waals surface area contributed by atoms with E-state index >= 15 is 0 Å². The number of rotatable bonds is 5. The number of carbonyl (C=O) groups is 1. The van der Waals surface area contributed by atoms with Crippen LogP contribution in [0.5, 0.6) is 0 Å². The standard InChI is InChI=1S/C16H11ClFN3O3/c17-15-11(5-9-1-3-10(18)4-2-9)12(7-24-15)13(22)6-14(23)16-19-8-20-21-16/h1-4,6-8,22H,5H2,(H,19,20,21). The summed E-state index contributed by atoms with van der Waals surface area (Å²) < 4.78 is 18.1. The van der Waals surface area contributed by atoms with Crippen LogP contribution in [0.4, 0.5) is 4.39 Å². The summed E-state index contributed by atoms with van der Waals surface area (Å²) in [6.07, 6.45) is 3.74. The molecular weight excluding hydrogens is 337 g/mol. The Morgan fingerprint density at radius 3 is 2.79 bits per heavy atom. The Morgan fingerprint density at radius 2 is 2.12 bits per heavy atom. The van der Waals surface area contributed by atoms with Gasteiger partial charge in [0.1, 0.15) is 24.2 Å². The lowest BCUT2D eigenvalue weighted by atomic mass is 10.0. The summed E-state index contributed by atoms with van der Waals surface area (Å²) in [6, 6.07) is 5.85. The molecule has 0 fully saturated rings. The Kier molecular flexibility index (Phi) is 4.43. The van der Waals surface area contributed by atoms with Gasteiger partial charge in [0.25, 0.3) is 0 Å². The molecule has 24 heavy (non-hydrogen) atoms. The predicted molar refractivity (Wildman–Crippen MR) is 84.2 cm³/mol. The van der Waals surface area contributed by atoms with Crippen molar-refractivity contribution < 1.29 is 18.7 Å². The molecule has 0 aliphatic rings. The second kappa shape index (κ2) is 6.67. The molecule has 6 nitrogen and oxygen atoms in total. The highest BCUT2D eigenvalue weighted by molar-refractivity contribution is 6.30. The molecule has 0 bridgehead atoms. The third-order valence-electron chi connectivity index (χ3n) is 3.33. The van der Waals surface area contributed by atoms with Crippen LogP contribution >= 0.6 is 11.6 Å². The van der Waals surface area contributed by atoms with Crippen LogP contribution in [0.3, 0.4) is 0 Å². The SMILES string of the molecule is O=C(C=C(O)c1coc(Cl)c1Cc1ccc(F)cc1)c1ncn[nH]1. The van der Waals surface area contributed by atoms with E-state index in [-0.39, 0.29) is 28.2 Å². The highest BCUT2D eigenvalue weighted by Crippen LogP contribution is 2.29. The molecule has 0 aliphatic carbocycles. The van der Waals surface area contributed by atoms with Gasteiger partial charge in [-0.25, -0.2) is 9.37 Å². The van der Waals surface area contributed by atoms with E-state index in [9.17, 15) is 14.3 Å². The van der Waals surface area contributed by atoms with Crippen molar-refractivity contribution in [3.63, 3.8) is 0 Å². The molecule has 8 heteroatoms. The molecule has 122 valence electrons. The molecule has 2 N–H and O–H groups in total. The molecule has 3 rings (SSSR count). The van der Waals surface area contributed by atoms with Gasteiger partial charge in [-0.05, 0) is 29.3 Å². The number of aromatic nitrogens is 3. The first kappa shape index (κ1) is 15.9. The second-order valence-corrected chi connectivity index (χ2v) is 5.28. The monoisotopic (exact) mass is 347 g/mol. The van der Waals surface area contributed by atoms with Gasteiger partial charge in [-0.1, -0.05) is 12.1 Å². The smallest absolute Gasteiger partial charge is 0.226 e. The summed E-state index contributed by atoms with van der Waals surface area (Å²) in [5, 5.41) is 16.3. The van der Waals surface area contributed by atoms with Crippen LogP contribution in [0.25, 0.3) is 5.76 Å². The number of H-pyrrole nitrogens is 1. The van der Waals surface area contributed by atoms with Crippen molar-refractivity contribution in [2.24, 2.45) is 0 Å². The molecule has 0 unspecified atom stereocenters. The normalized spacial score (nSPS) is 11.7. The number of nitrogens with zero attached hydrogens (tertiary/aromatic N) is 2. The van der Waals surface area contributed by atoms with Gasteiger partial charge in [-0.15, -0.1) is 0 Å². The van der Waals surface area contributed by atoms with Crippen molar-refractivity contribution in [3.8, 4) is 0 Å². The zero-order valence-corrected chi connectivity index (χ0v) is 12.9. The minimum atomic E-state index is -0.546. The summed E-state index contributed by atoms with van der Waals surface area (Å²) in [5.41, 5.74) is 1.54. The van der Waals surface area contributed by atoms with Crippen LogP contribution in [0.15, 0.2) is 47.3 Å². The average Bonchev–Trinajstić information content (AvgIpc) is 3.20. The van der Waals surface area contributed by atoms with E-state index in [1.165, 1.54) is 24.7 Å². The van der Waals surface area contributed by atoms with Crippen molar-refractivity contribution in [2.75, 3.05) is 0 Å². The molecule has 0 radical (unpaired) electrons. The van der Waals surface area contributed by atoms with Gasteiger partial charge < -0.3 is 9.52 Å². The van der Waals surface area contributed by atoms with Crippen molar-refractivity contribution in [3.05, 3.63) is 76.5 Å². The lowest BCUT2D eigenvalue weighted by Gasteiger charge is -2.04. The molecule has 0 saturated carbocycles. The predicted octanol–water partition coefficient (Wildman–Crippen LogP) is 3.56. The molecule has 0 aliphatic heterocycles. The number of nitrogens with one attached hydrogen (secondary N) is 1. The van der Waals surface area contributed by atoms with Crippen molar-refractivity contribution in [1.29, 1.82) is 0 Å². The summed E-state index contributed by atoms with van der Waals surface area (Å²) >= 11 is 6.01. The number of ketones is 1. The largest absolute Gasteiger partial charge is 0.507 e. The Hall–Kier alpha value is -2.93. The molecule has 3 aromatic rings. The van der Waals surface area contributed by atoms with Crippen LogP contribution < -0.4 is 0 Å². The Morgan fingerprint density at radius 1 is 1.38 bits per heavy atom. The van der Waals surface area contributed by atoms with Crippen LogP contribution in [-0.2, 0) is 6.42 Å². The van der Waals surface area contributed by atoms with E-state index in [0.29, 0.717) is 12.0 Å². The number of halogens is 2. The van der Waals surface area contributed by atoms with Crippen molar-refractivity contribution >= 4 is 23.1 Å². The lowest BCUT2D eigenvalue weighted by molar-refractivity contribution is 0.103. The lowest BCUT2D eigenvalue weighted by Crippen LogP contribution is -2.00. The fourth-order valence-corrected chi connectivity index (χ4v) is 2.35. The number of aliphatic hydroxyl groups excluding tert-OH is 1. The third-order valence-corrected chi connectivity index (χ3v) is 3.65. The van der Waals surface area contributed by atoms with Crippen molar-refractivity contribution in [1.82, 2.24) is 15.2 Å². The molecule has 0 atom stereocenters. The summed E-state index contributed by atoms with van der Waals surface area (Å²) in [5.74, 6) is -1.21. The van der Waals surface area contributed by atoms with Gasteiger partial charge in [0, 0.05) is 18.1 Å². The van der Waals surface area contributed by atoms with Gasteiger partial charge in [0.2, 0.25) is 5.78 Å². The van der Waals surface area contributed by atoms with Gasteiger partial charge in [-0.3, -0.25) is 9.89 Å². The third kappa shape index (κ3) is 3.36.